The van der Waals surface area contributed by atoms with Gasteiger partial charge >= 0.3 is 0 Å². The van der Waals surface area contributed by atoms with Crippen LogP contribution < -0.4 is 15.4 Å². The lowest BCUT2D eigenvalue weighted by Gasteiger charge is -2.15. The number of hydrogen-bond acceptors (Lipinski definition) is 6. The lowest BCUT2D eigenvalue weighted by molar-refractivity contribution is -0.123. The van der Waals surface area contributed by atoms with Crippen molar-refractivity contribution in [3.63, 3.8) is 0 Å². The SMILES string of the molecule is C=CCn1nc(-c2sc(NC(=O)C(C)(C)C)nc2C)cc1C(=O)Nc1ccc(OC)cc1. The summed E-state index contributed by atoms with van der Waals surface area (Å²) < 4.78 is 6.74. The van der Waals surface area contributed by atoms with E-state index in [9.17, 15) is 9.59 Å². The van der Waals surface area contributed by atoms with Crippen molar-refractivity contribution in [1.82, 2.24) is 14.8 Å². The summed E-state index contributed by atoms with van der Waals surface area (Å²) in [5.74, 6) is 0.297. The number of aromatic nitrogens is 3. The van der Waals surface area contributed by atoms with Gasteiger partial charge in [-0.2, -0.15) is 5.10 Å². The molecule has 8 nitrogen and oxygen atoms in total. The molecule has 0 saturated carbocycles. The average molecular weight is 454 g/mol. The van der Waals surface area contributed by atoms with Gasteiger partial charge in [-0.3, -0.25) is 14.3 Å². The van der Waals surface area contributed by atoms with Crippen molar-refractivity contribution >= 4 is 34.0 Å². The molecule has 0 aliphatic heterocycles. The van der Waals surface area contributed by atoms with Crippen molar-refractivity contribution < 1.29 is 14.3 Å². The number of carbonyl (C=O) groups is 2. The molecule has 0 spiro atoms. The zero-order valence-electron chi connectivity index (χ0n) is 18.9. The highest BCUT2D eigenvalue weighted by atomic mass is 32.1. The number of methoxy groups -OCH3 is 1. The highest BCUT2D eigenvalue weighted by molar-refractivity contribution is 7.19. The van der Waals surface area contributed by atoms with Crippen molar-refractivity contribution in [1.29, 1.82) is 0 Å². The van der Waals surface area contributed by atoms with Gasteiger partial charge in [0.1, 0.15) is 17.1 Å². The lowest BCUT2D eigenvalue weighted by Crippen LogP contribution is -2.27. The monoisotopic (exact) mass is 453 g/mol. The molecule has 0 fully saturated rings. The van der Waals surface area contributed by atoms with Gasteiger partial charge in [0.05, 0.1) is 24.2 Å². The van der Waals surface area contributed by atoms with Crippen LogP contribution in [0.1, 0.15) is 37.0 Å². The zero-order chi connectivity index (χ0) is 23.5. The first-order valence-corrected chi connectivity index (χ1v) is 10.9. The summed E-state index contributed by atoms with van der Waals surface area (Å²) in [6.45, 7) is 11.5. The molecule has 0 atom stereocenters. The maximum atomic E-state index is 12.9. The van der Waals surface area contributed by atoms with Crippen LogP contribution in [-0.4, -0.2) is 33.7 Å². The Morgan fingerprint density at radius 2 is 1.91 bits per heavy atom. The lowest BCUT2D eigenvalue weighted by atomic mass is 9.96. The Morgan fingerprint density at radius 3 is 2.50 bits per heavy atom. The minimum atomic E-state index is -0.530. The van der Waals surface area contributed by atoms with E-state index in [1.54, 1.807) is 48.2 Å². The molecule has 3 rings (SSSR count). The third-order valence-electron chi connectivity index (χ3n) is 4.59. The molecule has 1 aromatic carbocycles. The Bertz CT molecular complexity index is 1140. The minimum absolute atomic E-state index is 0.116. The number of hydrogen-bond donors (Lipinski definition) is 2. The number of nitrogens with zero attached hydrogens (tertiary/aromatic N) is 3. The van der Waals surface area contributed by atoms with Crippen LogP contribution in [-0.2, 0) is 11.3 Å². The fraction of sp³-hybridized carbons (Fsp3) is 0.304. The van der Waals surface area contributed by atoms with Crippen LogP contribution >= 0.6 is 11.3 Å². The number of nitrogens with one attached hydrogen (secondary N) is 2. The van der Waals surface area contributed by atoms with Crippen molar-refractivity contribution in [2.24, 2.45) is 5.41 Å². The average Bonchev–Trinajstić information content (AvgIpc) is 3.31. The molecule has 0 saturated heterocycles. The third kappa shape index (κ3) is 5.23. The van der Waals surface area contributed by atoms with Crippen molar-refractivity contribution in [3.8, 4) is 16.3 Å². The van der Waals surface area contributed by atoms with Crippen LogP contribution in [0, 0.1) is 12.3 Å². The molecule has 32 heavy (non-hydrogen) atoms. The van der Waals surface area contributed by atoms with Crippen LogP contribution in [0.5, 0.6) is 5.75 Å². The Kier molecular flexibility index (Phi) is 6.78. The molecule has 168 valence electrons. The van der Waals surface area contributed by atoms with Crippen molar-refractivity contribution in [3.05, 3.63) is 54.4 Å². The van der Waals surface area contributed by atoms with E-state index in [1.807, 2.05) is 27.7 Å². The van der Waals surface area contributed by atoms with E-state index >= 15 is 0 Å². The topological polar surface area (TPSA) is 98.1 Å². The predicted octanol–water partition coefficient (Wildman–Crippen LogP) is 4.75. The summed E-state index contributed by atoms with van der Waals surface area (Å²) in [7, 11) is 1.59. The summed E-state index contributed by atoms with van der Waals surface area (Å²) in [4.78, 5) is 30.5. The van der Waals surface area contributed by atoms with E-state index in [4.69, 9.17) is 4.74 Å². The van der Waals surface area contributed by atoms with Crippen LogP contribution in [0.25, 0.3) is 10.6 Å². The number of carbonyl (C=O) groups excluding carboxylic acids is 2. The first kappa shape index (κ1) is 23.2. The van der Waals surface area contributed by atoms with Crippen LogP contribution in [0.4, 0.5) is 10.8 Å². The third-order valence-corrected chi connectivity index (χ3v) is 5.69. The molecule has 2 heterocycles. The molecule has 2 aromatic heterocycles. The number of thiazole rings is 1. The number of allylic oxidation sites excluding steroid dienone is 1. The van der Waals surface area contributed by atoms with Crippen LogP contribution in [0.2, 0.25) is 0 Å². The second-order valence-electron chi connectivity index (χ2n) is 8.21. The maximum Gasteiger partial charge on any atom is 0.273 e. The zero-order valence-corrected chi connectivity index (χ0v) is 19.7. The van der Waals surface area contributed by atoms with E-state index in [-0.39, 0.29) is 11.8 Å². The van der Waals surface area contributed by atoms with Gasteiger partial charge in [0, 0.05) is 11.1 Å². The smallest absolute Gasteiger partial charge is 0.273 e. The van der Waals surface area contributed by atoms with Gasteiger partial charge in [-0.1, -0.05) is 38.2 Å². The highest BCUT2D eigenvalue weighted by Gasteiger charge is 2.24. The fourth-order valence-electron chi connectivity index (χ4n) is 2.81. The summed E-state index contributed by atoms with van der Waals surface area (Å²) in [6.07, 6.45) is 1.68. The Labute approximate surface area is 191 Å². The summed E-state index contributed by atoms with van der Waals surface area (Å²) in [6, 6.07) is 8.80. The number of rotatable bonds is 7. The molecule has 0 unspecified atom stereocenters. The molecule has 0 bridgehead atoms. The quantitative estimate of drug-likeness (QED) is 0.503. The molecule has 2 N–H and O–H groups in total. The minimum Gasteiger partial charge on any atom is -0.497 e. The van der Waals surface area contributed by atoms with E-state index < -0.39 is 5.41 Å². The van der Waals surface area contributed by atoms with Gasteiger partial charge < -0.3 is 15.4 Å². The molecular weight excluding hydrogens is 426 g/mol. The van der Waals surface area contributed by atoms with Gasteiger partial charge in [0.15, 0.2) is 5.13 Å². The second kappa shape index (κ2) is 9.35. The first-order chi connectivity index (χ1) is 15.1. The second-order valence-corrected chi connectivity index (χ2v) is 9.20. The van der Waals surface area contributed by atoms with Crippen molar-refractivity contribution in [2.75, 3.05) is 17.7 Å². The predicted molar refractivity (Wildman–Crippen MR) is 127 cm³/mol. The van der Waals surface area contributed by atoms with Gasteiger partial charge in [-0.25, -0.2) is 4.98 Å². The molecule has 0 aliphatic rings. The van der Waals surface area contributed by atoms with Gasteiger partial charge in [-0.15, -0.1) is 6.58 Å². The molecule has 2 amide bonds. The Hall–Kier alpha value is -3.46. The van der Waals surface area contributed by atoms with Crippen molar-refractivity contribution in [2.45, 2.75) is 34.2 Å². The van der Waals surface area contributed by atoms with E-state index in [1.165, 1.54) is 11.3 Å². The molecule has 9 heteroatoms. The molecule has 3 aromatic rings. The number of aryl methyl sites for hydroxylation is 1. The van der Waals surface area contributed by atoms with E-state index in [0.717, 1.165) is 10.6 Å². The van der Waals surface area contributed by atoms with Crippen LogP contribution in [0.3, 0.4) is 0 Å². The number of ether oxygens (including phenoxy) is 1. The number of benzene rings is 1. The maximum absolute atomic E-state index is 12.9. The first-order valence-electron chi connectivity index (χ1n) is 10.1. The number of amides is 2. The largest absolute Gasteiger partial charge is 0.497 e. The summed E-state index contributed by atoms with van der Waals surface area (Å²) in [5, 5.41) is 10.8. The van der Waals surface area contributed by atoms with Gasteiger partial charge in [-0.05, 0) is 37.3 Å². The van der Waals surface area contributed by atoms with E-state index in [0.29, 0.717) is 34.5 Å². The van der Waals surface area contributed by atoms with Crippen LogP contribution in [0.15, 0.2) is 43.0 Å². The Morgan fingerprint density at radius 1 is 1.22 bits per heavy atom. The normalized spacial score (nSPS) is 11.2. The number of anilines is 2. The molecular formula is C23H27N5O3S. The summed E-state index contributed by atoms with van der Waals surface area (Å²) in [5.41, 5.74) is 1.84. The standard InChI is InChI=1S/C23H27N5O3S/c1-7-12-28-18(20(29)25-15-8-10-16(31-6)11-9-15)13-17(27-28)19-14(2)24-22(32-19)26-21(30)23(3,4)5/h7-11,13H,1,12H2,2-6H3,(H,25,29)(H,24,26,30). The fourth-order valence-corrected chi connectivity index (χ4v) is 3.73. The van der Waals surface area contributed by atoms with E-state index in [2.05, 4.69) is 27.3 Å². The summed E-state index contributed by atoms with van der Waals surface area (Å²) >= 11 is 1.33. The van der Waals surface area contributed by atoms with Gasteiger partial charge in [0.2, 0.25) is 5.91 Å². The van der Waals surface area contributed by atoms with Gasteiger partial charge in [0.25, 0.3) is 5.91 Å². The highest BCUT2D eigenvalue weighted by Crippen LogP contribution is 2.33. The molecule has 0 aliphatic carbocycles. The Balaban J connectivity index is 1.87. The molecule has 0 radical (unpaired) electrons.